The summed E-state index contributed by atoms with van der Waals surface area (Å²) in [5.41, 5.74) is 0. The molecule has 1 atom stereocenters. The molecular weight excluding hydrogens is 285 g/mol. The molecule has 1 aromatic carbocycles. The van der Waals surface area contributed by atoms with Gasteiger partial charge >= 0.3 is 0 Å². The second kappa shape index (κ2) is 7.09. The van der Waals surface area contributed by atoms with Gasteiger partial charge in [-0.15, -0.1) is 0 Å². The monoisotopic (exact) mass is 307 g/mol. The summed E-state index contributed by atoms with van der Waals surface area (Å²) in [7, 11) is 0. The van der Waals surface area contributed by atoms with Crippen molar-refractivity contribution in [3.8, 4) is 5.75 Å². The number of hydrogen-bond donors (Lipinski definition) is 0. The van der Waals surface area contributed by atoms with Crippen LogP contribution in [0.25, 0.3) is 0 Å². The molecule has 3 rings (SSSR count). The third kappa shape index (κ3) is 3.58. The summed E-state index contributed by atoms with van der Waals surface area (Å²) in [5.74, 6) is 0.713. The first-order valence-electron chi connectivity index (χ1n) is 8.00. The summed E-state index contributed by atoms with van der Waals surface area (Å²) >= 11 is 0. The molecule has 0 aromatic heterocycles. The number of ether oxygens (including phenoxy) is 2. The van der Waals surface area contributed by atoms with Gasteiger partial charge < -0.3 is 14.4 Å². The highest BCUT2D eigenvalue weighted by Crippen LogP contribution is 2.25. The number of likely N-dealkylation sites (tertiary alicyclic amines) is 1. The van der Waals surface area contributed by atoms with E-state index in [2.05, 4.69) is 0 Å². The van der Waals surface area contributed by atoms with E-state index in [0.717, 1.165) is 32.2 Å². The number of nitrogens with zero attached hydrogens (tertiary/aromatic N) is 1. The number of hydrogen-bond acceptors (Lipinski definition) is 3. The molecule has 0 aliphatic carbocycles. The van der Waals surface area contributed by atoms with Gasteiger partial charge in [-0.1, -0.05) is 0 Å². The van der Waals surface area contributed by atoms with Crippen LogP contribution in [0.4, 0.5) is 4.39 Å². The topological polar surface area (TPSA) is 38.8 Å². The average molecular weight is 307 g/mol. The zero-order valence-electron chi connectivity index (χ0n) is 12.7. The van der Waals surface area contributed by atoms with E-state index in [9.17, 15) is 9.18 Å². The van der Waals surface area contributed by atoms with Crippen LogP contribution in [-0.4, -0.2) is 43.2 Å². The van der Waals surface area contributed by atoms with Crippen molar-refractivity contribution in [2.45, 2.75) is 31.7 Å². The molecule has 120 valence electrons. The Labute approximate surface area is 130 Å². The number of halogens is 1. The van der Waals surface area contributed by atoms with Crippen LogP contribution in [0.5, 0.6) is 5.75 Å². The Kier molecular flexibility index (Phi) is 4.93. The van der Waals surface area contributed by atoms with E-state index in [0.29, 0.717) is 25.6 Å². The van der Waals surface area contributed by atoms with Gasteiger partial charge in [-0.2, -0.15) is 0 Å². The van der Waals surface area contributed by atoms with Gasteiger partial charge in [-0.05, 0) is 49.9 Å². The molecule has 0 bridgehead atoms. The van der Waals surface area contributed by atoms with Crippen LogP contribution in [0.1, 0.15) is 25.7 Å². The normalized spacial score (nSPS) is 22.8. The molecule has 2 aliphatic heterocycles. The molecule has 2 saturated heterocycles. The molecule has 0 unspecified atom stereocenters. The molecule has 0 radical (unpaired) electrons. The predicted molar refractivity (Wildman–Crippen MR) is 80.2 cm³/mol. The molecular formula is C17H22FNO3. The van der Waals surface area contributed by atoms with Crippen LogP contribution in [0.3, 0.4) is 0 Å². The van der Waals surface area contributed by atoms with Crippen molar-refractivity contribution in [1.82, 2.24) is 4.90 Å². The maximum atomic E-state index is 12.9. The molecule has 22 heavy (non-hydrogen) atoms. The lowest BCUT2D eigenvalue weighted by atomic mass is 9.98. The van der Waals surface area contributed by atoms with Crippen molar-refractivity contribution >= 4 is 5.91 Å². The molecule has 1 aromatic rings. The first-order chi connectivity index (χ1) is 10.7. The average Bonchev–Trinajstić information content (AvgIpc) is 3.03. The quantitative estimate of drug-likeness (QED) is 0.858. The number of carbonyl (C=O) groups excluding carboxylic acids is 1. The minimum Gasteiger partial charge on any atom is -0.491 e. The van der Waals surface area contributed by atoms with E-state index in [1.165, 1.54) is 12.1 Å². The van der Waals surface area contributed by atoms with Crippen molar-refractivity contribution in [3.05, 3.63) is 30.1 Å². The molecule has 5 heteroatoms. The summed E-state index contributed by atoms with van der Waals surface area (Å²) in [6.07, 6.45) is 3.63. The van der Waals surface area contributed by atoms with Crippen LogP contribution in [0.2, 0.25) is 0 Å². The fraction of sp³-hybridized carbons (Fsp3) is 0.588. The van der Waals surface area contributed by atoms with Crippen LogP contribution in [0, 0.1) is 11.7 Å². The van der Waals surface area contributed by atoms with Crippen molar-refractivity contribution < 1.29 is 18.7 Å². The van der Waals surface area contributed by atoms with E-state index in [1.807, 2.05) is 4.90 Å². The maximum absolute atomic E-state index is 12.9. The van der Waals surface area contributed by atoms with Crippen molar-refractivity contribution in [2.75, 3.05) is 26.4 Å². The largest absolute Gasteiger partial charge is 0.491 e. The van der Waals surface area contributed by atoms with Gasteiger partial charge in [0.1, 0.15) is 18.2 Å². The Hall–Kier alpha value is -1.62. The fourth-order valence-electron chi connectivity index (χ4n) is 3.20. The zero-order chi connectivity index (χ0) is 15.4. The van der Waals surface area contributed by atoms with E-state index < -0.39 is 0 Å². The number of carbonyl (C=O) groups is 1. The van der Waals surface area contributed by atoms with Crippen LogP contribution in [0.15, 0.2) is 24.3 Å². The molecule has 0 saturated carbocycles. The van der Waals surface area contributed by atoms with Gasteiger partial charge in [0.05, 0.1) is 6.04 Å². The first-order valence-corrected chi connectivity index (χ1v) is 8.00. The summed E-state index contributed by atoms with van der Waals surface area (Å²) in [5, 5.41) is 0. The standard InChI is InChI=1S/C17H22FNO3/c18-14-3-5-16(6-4-14)22-12-15-2-1-9-19(15)17(20)13-7-10-21-11-8-13/h3-6,13,15H,1-2,7-12H2/t15-/m0/s1. The predicted octanol–water partition coefficient (Wildman–Crippen LogP) is 2.62. The third-order valence-electron chi connectivity index (χ3n) is 4.49. The Morgan fingerprint density at radius 2 is 1.95 bits per heavy atom. The van der Waals surface area contributed by atoms with Crippen LogP contribution < -0.4 is 4.74 Å². The van der Waals surface area contributed by atoms with Gasteiger partial charge in [0, 0.05) is 25.7 Å². The second-order valence-electron chi connectivity index (χ2n) is 5.98. The Morgan fingerprint density at radius 1 is 1.23 bits per heavy atom. The second-order valence-corrected chi connectivity index (χ2v) is 5.98. The third-order valence-corrected chi connectivity index (χ3v) is 4.49. The highest BCUT2D eigenvalue weighted by molar-refractivity contribution is 5.79. The van der Waals surface area contributed by atoms with Crippen molar-refractivity contribution in [2.24, 2.45) is 5.92 Å². The maximum Gasteiger partial charge on any atom is 0.226 e. The number of rotatable bonds is 4. The molecule has 2 heterocycles. The number of amides is 1. The first kappa shape index (κ1) is 15.3. The highest BCUT2D eigenvalue weighted by atomic mass is 19.1. The summed E-state index contributed by atoms with van der Waals surface area (Å²) in [4.78, 5) is 14.6. The highest BCUT2D eigenvalue weighted by Gasteiger charge is 2.34. The van der Waals surface area contributed by atoms with Gasteiger partial charge in [0.25, 0.3) is 0 Å². The van der Waals surface area contributed by atoms with Gasteiger partial charge in [0.2, 0.25) is 5.91 Å². The summed E-state index contributed by atoms with van der Waals surface area (Å²) in [6.45, 7) is 2.65. The zero-order valence-corrected chi connectivity index (χ0v) is 12.7. The van der Waals surface area contributed by atoms with Crippen LogP contribution in [-0.2, 0) is 9.53 Å². The smallest absolute Gasteiger partial charge is 0.226 e. The van der Waals surface area contributed by atoms with Crippen molar-refractivity contribution in [3.63, 3.8) is 0 Å². The van der Waals surface area contributed by atoms with E-state index >= 15 is 0 Å². The van der Waals surface area contributed by atoms with E-state index in [4.69, 9.17) is 9.47 Å². The molecule has 2 fully saturated rings. The van der Waals surface area contributed by atoms with E-state index in [-0.39, 0.29) is 23.7 Å². The van der Waals surface area contributed by atoms with E-state index in [1.54, 1.807) is 12.1 Å². The molecule has 0 spiro atoms. The Morgan fingerprint density at radius 3 is 2.68 bits per heavy atom. The summed E-state index contributed by atoms with van der Waals surface area (Å²) in [6, 6.07) is 6.13. The van der Waals surface area contributed by atoms with Crippen molar-refractivity contribution in [1.29, 1.82) is 0 Å². The van der Waals surface area contributed by atoms with Crippen LogP contribution >= 0.6 is 0 Å². The fourth-order valence-corrected chi connectivity index (χ4v) is 3.20. The Bertz CT molecular complexity index is 499. The Balaban J connectivity index is 1.55. The summed E-state index contributed by atoms with van der Waals surface area (Å²) < 4.78 is 23.9. The van der Waals surface area contributed by atoms with Gasteiger partial charge in [-0.25, -0.2) is 4.39 Å². The lowest BCUT2D eigenvalue weighted by Gasteiger charge is -2.30. The molecule has 0 N–H and O–H groups in total. The lowest BCUT2D eigenvalue weighted by Crippen LogP contribution is -2.43. The van der Waals surface area contributed by atoms with Gasteiger partial charge in [-0.3, -0.25) is 4.79 Å². The molecule has 4 nitrogen and oxygen atoms in total. The SMILES string of the molecule is O=C(C1CCOCC1)N1CCC[C@H]1COc1ccc(F)cc1. The minimum atomic E-state index is -0.274. The minimum absolute atomic E-state index is 0.0974. The lowest BCUT2D eigenvalue weighted by molar-refractivity contribution is -0.139. The van der Waals surface area contributed by atoms with Gasteiger partial charge in [0.15, 0.2) is 0 Å². The molecule has 2 aliphatic rings. The number of benzene rings is 1. The molecule has 1 amide bonds.